The topological polar surface area (TPSA) is 72.1 Å². The number of halogens is 1. The van der Waals surface area contributed by atoms with Gasteiger partial charge in [-0.3, -0.25) is 9.78 Å². The van der Waals surface area contributed by atoms with Gasteiger partial charge in [0, 0.05) is 25.7 Å². The summed E-state index contributed by atoms with van der Waals surface area (Å²) < 4.78 is 19.2. The number of oxazole rings is 1. The molecule has 3 aromatic heterocycles. The number of pyridine rings is 1. The number of benzene rings is 1. The van der Waals surface area contributed by atoms with Crippen LogP contribution in [0.3, 0.4) is 0 Å². The quantitative estimate of drug-likeness (QED) is 0.405. The third kappa shape index (κ3) is 4.71. The molecule has 1 saturated heterocycles. The fraction of sp³-hybridized carbons (Fsp3) is 0.280. The Labute approximate surface area is 195 Å². The fourth-order valence-electron chi connectivity index (χ4n) is 4.10. The van der Waals surface area contributed by atoms with E-state index in [9.17, 15) is 9.18 Å². The lowest BCUT2D eigenvalue weighted by Gasteiger charge is -2.31. The molecule has 1 aliphatic heterocycles. The van der Waals surface area contributed by atoms with Gasteiger partial charge in [-0.1, -0.05) is 18.2 Å². The number of aromatic nitrogens is 3. The maximum absolute atomic E-state index is 13.3. The second-order valence-corrected chi connectivity index (χ2v) is 9.21. The minimum atomic E-state index is -0.257. The van der Waals surface area contributed by atoms with Crippen molar-refractivity contribution in [3.05, 3.63) is 88.5 Å². The Balaban J connectivity index is 1.28. The number of hydrogen-bond acceptors (Lipinski definition) is 6. The van der Waals surface area contributed by atoms with E-state index in [1.807, 2.05) is 30.0 Å². The zero-order valence-corrected chi connectivity index (χ0v) is 19.0. The van der Waals surface area contributed by atoms with Crippen LogP contribution in [0.2, 0.25) is 0 Å². The van der Waals surface area contributed by atoms with Gasteiger partial charge in [0.2, 0.25) is 0 Å². The molecule has 1 amide bonds. The van der Waals surface area contributed by atoms with Crippen LogP contribution in [0.15, 0.2) is 59.3 Å². The van der Waals surface area contributed by atoms with Crippen molar-refractivity contribution >= 4 is 17.2 Å². The number of aryl methyl sites for hydroxylation is 1. The van der Waals surface area contributed by atoms with Crippen LogP contribution < -0.4 is 0 Å². The highest BCUT2D eigenvalue weighted by Crippen LogP contribution is 2.31. The molecule has 6 nitrogen and oxygen atoms in total. The van der Waals surface area contributed by atoms with Crippen LogP contribution in [0.4, 0.5) is 4.39 Å². The Morgan fingerprint density at radius 3 is 2.85 bits per heavy atom. The van der Waals surface area contributed by atoms with E-state index in [0.717, 1.165) is 40.6 Å². The number of hydrogen-bond donors (Lipinski definition) is 0. The first-order chi connectivity index (χ1) is 16.1. The summed E-state index contributed by atoms with van der Waals surface area (Å²) in [5.74, 6) is 1.17. The maximum Gasteiger partial charge on any atom is 0.265 e. The Morgan fingerprint density at radius 2 is 2.06 bits per heavy atom. The molecule has 4 heterocycles. The number of rotatable bonds is 5. The van der Waals surface area contributed by atoms with E-state index in [-0.39, 0.29) is 17.6 Å². The third-order valence-corrected chi connectivity index (χ3v) is 6.96. The zero-order chi connectivity index (χ0) is 22.8. The molecular weight excluding hydrogens is 439 g/mol. The Bertz CT molecular complexity index is 1250. The van der Waals surface area contributed by atoms with Gasteiger partial charge in [-0.05, 0) is 49.6 Å². The molecule has 168 valence electrons. The first-order valence-electron chi connectivity index (χ1n) is 10.9. The van der Waals surface area contributed by atoms with Crippen molar-refractivity contribution in [2.75, 3.05) is 13.1 Å². The molecule has 0 aliphatic carbocycles. The Morgan fingerprint density at radius 1 is 1.21 bits per heavy atom. The second-order valence-electron chi connectivity index (χ2n) is 8.21. The molecule has 1 aliphatic rings. The Kier molecular flexibility index (Phi) is 6.00. The maximum atomic E-state index is 13.3. The van der Waals surface area contributed by atoms with Crippen LogP contribution in [0.1, 0.15) is 51.3 Å². The molecule has 0 radical (unpaired) electrons. The van der Waals surface area contributed by atoms with Gasteiger partial charge < -0.3 is 9.32 Å². The normalized spacial score (nSPS) is 16.2. The zero-order valence-electron chi connectivity index (χ0n) is 18.2. The number of piperidine rings is 1. The van der Waals surface area contributed by atoms with E-state index in [1.54, 1.807) is 24.5 Å². The minimum absolute atomic E-state index is 0.00465. The van der Waals surface area contributed by atoms with Gasteiger partial charge in [0.1, 0.15) is 21.5 Å². The number of nitrogens with zero attached hydrogens (tertiary/aromatic N) is 4. The van der Waals surface area contributed by atoms with Crippen molar-refractivity contribution in [1.82, 2.24) is 19.9 Å². The van der Waals surface area contributed by atoms with Gasteiger partial charge in [-0.25, -0.2) is 14.4 Å². The fourth-order valence-corrected chi connectivity index (χ4v) is 5.11. The molecule has 0 bridgehead atoms. The van der Waals surface area contributed by atoms with E-state index < -0.39 is 0 Å². The lowest BCUT2D eigenvalue weighted by atomic mass is 9.98. The standard InChI is InChI=1S/C25H23FN4O2S/c1-16-22(33-24(29-16)21-6-2-3-11-27-21)25(31)30-12-4-5-18(15-30)23-28-14-20(32-23)13-17-7-9-19(26)10-8-17/h2-3,6-11,14,18H,4-5,12-13,15H2,1H3/t18-/m0/s1. The Hall–Kier alpha value is -3.39. The number of amides is 1. The molecule has 1 fully saturated rings. The van der Waals surface area contributed by atoms with Gasteiger partial charge >= 0.3 is 0 Å². The molecule has 5 rings (SSSR count). The van der Waals surface area contributed by atoms with Crippen molar-refractivity contribution in [2.24, 2.45) is 0 Å². The summed E-state index contributed by atoms with van der Waals surface area (Å²) in [4.78, 5) is 29.2. The summed E-state index contributed by atoms with van der Waals surface area (Å²) in [6.07, 6.45) is 5.81. The monoisotopic (exact) mass is 462 g/mol. The summed E-state index contributed by atoms with van der Waals surface area (Å²) >= 11 is 1.39. The van der Waals surface area contributed by atoms with Gasteiger partial charge in [0.15, 0.2) is 5.89 Å². The van der Waals surface area contributed by atoms with E-state index >= 15 is 0 Å². The summed E-state index contributed by atoms with van der Waals surface area (Å²) in [6, 6.07) is 12.0. The van der Waals surface area contributed by atoms with Gasteiger partial charge in [-0.15, -0.1) is 11.3 Å². The van der Waals surface area contributed by atoms with Gasteiger partial charge in [0.25, 0.3) is 5.91 Å². The first-order valence-corrected chi connectivity index (χ1v) is 11.8. The highest BCUT2D eigenvalue weighted by Gasteiger charge is 2.30. The van der Waals surface area contributed by atoms with Crippen molar-refractivity contribution in [3.8, 4) is 10.7 Å². The molecule has 0 unspecified atom stereocenters. The average molecular weight is 463 g/mol. The second kappa shape index (κ2) is 9.23. The van der Waals surface area contributed by atoms with E-state index in [1.165, 1.54) is 23.5 Å². The third-order valence-electron chi connectivity index (χ3n) is 5.80. The summed E-state index contributed by atoms with van der Waals surface area (Å²) in [6.45, 7) is 3.13. The van der Waals surface area contributed by atoms with Crippen molar-refractivity contribution < 1.29 is 13.6 Å². The molecule has 0 N–H and O–H groups in total. The van der Waals surface area contributed by atoms with Crippen LogP contribution >= 0.6 is 11.3 Å². The predicted octanol–water partition coefficient (Wildman–Crippen LogP) is 5.25. The van der Waals surface area contributed by atoms with Crippen molar-refractivity contribution in [2.45, 2.75) is 32.1 Å². The number of likely N-dealkylation sites (tertiary alicyclic amines) is 1. The van der Waals surface area contributed by atoms with Crippen LogP contribution in [-0.4, -0.2) is 38.8 Å². The highest BCUT2D eigenvalue weighted by atomic mass is 32.1. The largest absolute Gasteiger partial charge is 0.445 e. The van der Waals surface area contributed by atoms with Crippen molar-refractivity contribution in [1.29, 1.82) is 0 Å². The molecule has 8 heteroatoms. The SMILES string of the molecule is Cc1nc(-c2ccccn2)sc1C(=O)N1CCC[C@H](c2ncc(Cc3ccc(F)cc3)o2)C1. The first kappa shape index (κ1) is 21.5. The lowest BCUT2D eigenvalue weighted by Crippen LogP contribution is -2.39. The van der Waals surface area contributed by atoms with Crippen LogP contribution in [0.25, 0.3) is 10.7 Å². The smallest absolute Gasteiger partial charge is 0.265 e. The highest BCUT2D eigenvalue weighted by molar-refractivity contribution is 7.17. The number of thiazole rings is 1. The number of carbonyl (C=O) groups excluding carboxylic acids is 1. The molecule has 4 aromatic rings. The summed E-state index contributed by atoms with van der Waals surface area (Å²) in [5, 5.41) is 0.753. The summed E-state index contributed by atoms with van der Waals surface area (Å²) in [5.41, 5.74) is 2.46. The van der Waals surface area contributed by atoms with E-state index in [0.29, 0.717) is 30.3 Å². The molecule has 0 spiro atoms. The van der Waals surface area contributed by atoms with E-state index in [2.05, 4.69) is 15.0 Å². The van der Waals surface area contributed by atoms with Crippen LogP contribution in [0.5, 0.6) is 0 Å². The minimum Gasteiger partial charge on any atom is -0.445 e. The summed E-state index contributed by atoms with van der Waals surface area (Å²) in [7, 11) is 0. The average Bonchev–Trinajstić information content (AvgIpc) is 3.47. The van der Waals surface area contributed by atoms with Crippen LogP contribution in [-0.2, 0) is 6.42 Å². The number of carbonyl (C=O) groups is 1. The van der Waals surface area contributed by atoms with Crippen molar-refractivity contribution in [3.63, 3.8) is 0 Å². The van der Waals surface area contributed by atoms with Gasteiger partial charge in [0.05, 0.1) is 23.5 Å². The molecular formula is C25H23FN4O2S. The van der Waals surface area contributed by atoms with Crippen LogP contribution in [0, 0.1) is 12.7 Å². The molecule has 0 saturated carbocycles. The van der Waals surface area contributed by atoms with E-state index in [4.69, 9.17) is 4.42 Å². The molecule has 1 aromatic carbocycles. The molecule has 33 heavy (non-hydrogen) atoms. The lowest BCUT2D eigenvalue weighted by molar-refractivity contribution is 0.0702. The van der Waals surface area contributed by atoms with Gasteiger partial charge in [-0.2, -0.15) is 0 Å². The molecule has 1 atom stereocenters. The predicted molar refractivity (Wildman–Crippen MR) is 124 cm³/mol.